The van der Waals surface area contributed by atoms with Gasteiger partial charge in [-0.3, -0.25) is 4.98 Å². The summed E-state index contributed by atoms with van der Waals surface area (Å²) in [4.78, 5) is 4.64. The summed E-state index contributed by atoms with van der Waals surface area (Å²) in [7, 11) is 0. The molecule has 156 valence electrons. The maximum absolute atomic E-state index is 6.08. The fraction of sp³-hybridized carbons (Fsp3) is 0. The van der Waals surface area contributed by atoms with E-state index < -0.39 is 0 Å². The molecule has 6 rings (SSSR count). The summed E-state index contributed by atoms with van der Waals surface area (Å²) in [6.07, 6.45) is 1.88. The Morgan fingerprint density at radius 3 is 1.94 bits per heavy atom. The van der Waals surface area contributed by atoms with Crippen molar-refractivity contribution in [1.82, 2.24) is 4.98 Å². The topological polar surface area (TPSA) is 26.0 Å². The van der Waals surface area contributed by atoms with Crippen LogP contribution in [0.1, 0.15) is 0 Å². The Kier molecular flexibility index (Phi) is 4.82. The maximum Gasteiger partial charge on any atom is 0.135 e. The van der Waals surface area contributed by atoms with Crippen LogP contribution in [-0.4, -0.2) is 4.98 Å². The molecule has 6 aromatic rings. The quantitative estimate of drug-likeness (QED) is 0.284. The van der Waals surface area contributed by atoms with Gasteiger partial charge in [-0.25, -0.2) is 0 Å². The maximum atomic E-state index is 6.08. The Bertz CT molecular complexity index is 1550. The van der Waals surface area contributed by atoms with Gasteiger partial charge in [-0.15, -0.1) is 0 Å². The number of nitrogens with zero attached hydrogens (tertiary/aromatic N) is 1. The van der Waals surface area contributed by atoms with Crippen molar-refractivity contribution < 1.29 is 4.42 Å². The fourth-order valence-corrected chi connectivity index (χ4v) is 4.22. The zero-order valence-electron chi connectivity index (χ0n) is 18.0. The summed E-state index contributed by atoms with van der Waals surface area (Å²) < 4.78 is 6.08. The van der Waals surface area contributed by atoms with E-state index in [4.69, 9.17) is 4.42 Å². The molecule has 2 nitrogen and oxygen atoms in total. The van der Waals surface area contributed by atoms with Gasteiger partial charge in [-0.1, -0.05) is 84.9 Å². The van der Waals surface area contributed by atoms with E-state index in [-0.39, 0.29) is 0 Å². The molecule has 0 amide bonds. The Balaban J connectivity index is 1.36. The summed E-state index contributed by atoms with van der Waals surface area (Å²) in [6, 6.07) is 41.9. The number of furan rings is 1. The van der Waals surface area contributed by atoms with Gasteiger partial charge in [0.25, 0.3) is 0 Å². The number of fused-ring (bicyclic) bond motifs is 1. The van der Waals surface area contributed by atoms with Crippen molar-refractivity contribution in [2.45, 2.75) is 0 Å². The first-order valence-electron chi connectivity index (χ1n) is 11.0. The summed E-state index contributed by atoms with van der Waals surface area (Å²) in [5.41, 5.74) is 8.72. The second-order valence-corrected chi connectivity index (χ2v) is 8.11. The first-order valence-corrected chi connectivity index (χ1v) is 11.0. The van der Waals surface area contributed by atoms with Crippen molar-refractivity contribution in [3.8, 4) is 44.8 Å². The smallest absolute Gasteiger partial charge is 0.135 e. The van der Waals surface area contributed by atoms with Crippen molar-refractivity contribution in [3.05, 3.63) is 128 Å². The Morgan fingerprint density at radius 1 is 0.455 bits per heavy atom. The van der Waals surface area contributed by atoms with Gasteiger partial charge >= 0.3 is 0 Å². The molecule has 2 heterocycles. The molecule has 0 bridgehead atoms. The lowest BCUT2D eigenvalue weighted by atomic mass is 9.99. The Morgan fingerprint density at radius 2 is 1.12 bits per heavy atom. The molecular formula is C31H21NO. The molecule has 0 unspecified atom stereocenters. The van der Waals surface area contributed by atoms with Crippen LogP contribution in [-0.2, 0) is 0 Å². The van der Waals surface area contributed by atoms with Crippen LogP contribution in [0.4, 0.5) is 0 Å². The van der Waals surface area contributed by atoms with Crippen molar-refractivity contribution in [1.29, 1.82) is 0 Å². The third kappa shape index (κ3) is 3.83. The molecule has 0 aliphatic rings. The second kappa shape index (κ2) is 8.25. The van der Waals surface area contributed by atoms with E-state index in [0.29, 0.717) is 0 Å². The molecule has 0 fully saturated rings. The van der Waals surface area contributed by atoms with Crippen LogP contribution >= 0.6 is 0 Å². The van der Waals surface area contributed by atoms with Crippen molar-refractivity contribution >= 4 is 11.0 Å². The molecule has 33 heavy (non-hydrogen) atoms. The highest BCUT2D eigenvalue weighted by atomic mass is 16.3. The molecule has 2 heteroatoms. The number of pyridine rings is 1. The fourth-order valence-electron chi connectivity index (χ4n) is 4.22. The molecule has 0 atom stereocenters. The van der Waals surface area contributed by atoms with E-state index >= 15 is 0 Å². The average molecular weight is 424 g/mol. The summed E-state index contributed by atoms with van der Waals surface area (Å²) in [6.45, 7) is 0. The number of benzene rings is 4. The third-order valence-corrected chi connectivity index (χ3v) is 5.93. The molecular weight excluding hydrogens is 402 g/mol. The molecule has 0 radical (unpaired) electrons. The van der Waals surface area contributed by atoms with Gasteiger partial charge in [0.1, 0.15) is 11.3 Å². The van der Waals surface area contributed by atoms with Crippen LogP contribution in [0.15, 0.2) is 132 Å². The molecule has 4 aromatic carbocycles. The van der Waals surface area contributed by atoms with Gasteiger partial charge in [0.2, 0.25) is 0 Å². The molecule has 0 saturated heterocycles. The van der Waals surface area contributed by atoms with E-state index in [2.05, 4.69) is 102 Å². The van der Waals surface area contributed by atoms with Crippen LogP contribution in [0, 0.1) is 0 Å². The van der Waals surface area contributed by atoms with Crippen LogP contribution in [0.2, 0.25) is 0 Å². The highest BCUT2D eigenvalue weighted by Crippen LogP contribution is 2.33. The van der Waals surface area contributed by atoms with Gasteiger partial charge in [-0.05, 0) is 58.7 Å². The summed E-state index contributed by atoms with van der Waals surface area (Å²) in [5, 5.41) is 1.10. The van der Waals surface area contributed by atoms with Gasteiger partial charge < -0.3 is 4.42 Å². The van der Waals surface area contributed by atoms with Crippen LogP contribution in [0.25, 0.3) is 55.8 Å². The van der Waals surface area contributed by atoms with Crippen LogP contribution in [0.5, 0.6) is 0 Å². The van der Waals surface area contributed by atoms with Crippen LogP contribution < -0.4 is 0 Å². The van der Waals surface area contributed by atoms with Gasteiger partial charge in [0.05, 0.1) is 5.69 Å². The predicted octanol–water partition coefficient (Wildman–Crippen LogP) is 8.50. The van der Waals surface area contributed by atoms with E-state index in [0.717, 1.165) is 44.7 Å². The van der Waals surface area contributed by atoms with Crippen molar-refractivity contribution in [2.75, 3.05) is 0 Å². The SMILES string of the molecule is c1ccc(-c2ccnc(-c3cccc(-c4ccc5oc(-c6ccccc6)cc5c4)c3)c2)cc1. The highest BCUT2D eigenvalue weighted by molar-refractivity contribution is 5.88. The lowest BCUT2D eigenvalue weighted by Crippen LogP contribution is -1.86. The minimum atomic E-state index is 0.887. The number of hydrogen-bond donors (Lipinski definition) is 0. The first kappa shape index (κ1) is 19.3. The largest absolute Gasteiger partial charge is 0.456 e. The molecule has 0 saturated carbocycles. The zero-order valence-corrected chi connectivity index (χ0v) is 18.0. The van der Waals surface area contributed by atoms with Crippen LogP contribution in [0.3, 0.4) is 0 Å². The second-order valence-electron chi connectivity index (χ2n) is 8.11. The third-order valence-electron chi connectivity index (χ3n) is 5.93. The van der Waals surface area contributed by atoms with E-state index in [9.17, 15) is 0 Å². The average Bonchev–Trinajstić information content (AvgIpc) is 3.34. The Hall–Kier alpha value is -4.43. The first-order chi connectivity index (χ1) is 16.3. The number of aromatic nitrogens is 1. The normalized spacial score (nSPS) is 11.0. The highest BCUT2D eigenvalue weighted by Gasteiger charge is 2.09. The Labute approximate surface area is 192 Å². The standard InChI is InChI=1S/C31H21NO/c1-3-8-22(9-4-1)26-16-17-32-29(20-26)27-13-7-12-24(18-27)25-14-15-30-28(19-25)21-31(33-30)23-10-5-2-6-11-23/h1-21H. The van der Waals surface area contributed by atoms with E-state index in [1.54, 1.807) is 0 Å². The van der Waals surface area contributed by atoms with Crippen molar-refractivity contribution in [3.63, 3.8) is 0 Å². The number of hydrogen-bond acceptors (Lipinski definition) is 2. The summed E-state index contributed by atoms with van der Waals surface area (Å²) in [5.74, 6) is 0.887. The molecule has 0 N–H and O–H groups in total. The zero-order chi connectivity index (χ0) is 22.0. The molecule has 0 spiro atoms. The van der Waals surface area contributed by atoms with Crippen molar-refractivity contribution in [2.24, 2.45) is 0 Å². The van der Waals surface area contributed by atoms with Gasteiger partial charge in [-0.2, -0.15) is 0 Å². The lowest BCUT2D eigenvalue weighted by molar-refractivity contribution is 0.631. The van der Waals surface area contributed by atoms with Gasteiger partial charge in [0.15, 0.2) is 0 Å². The minimum Gasteiger partial charge on any atom is -0.456 e. The monoisotopic (exact) mass is 423 g/mol. The molecule has 2 aromatic heterocycles. The minimum absolute atomic E-state index is 0.887. The summed E-state index contributed by atoms with van der Waals surface area (Å²) >= 11 is 0. The van der Waals surface area contributed by atoms with Gasteiger partial charge in [0, 0.05) is 22.7 Å². The predicted molar refractivity (Wildman–Crippen MR) is 136 cm³/mol. The number of rotatable bonds is 4. The molecule has 0 aliphatic heterocycles. The van der Waals surface area contributed by atoms with E-state index in [1.807, 2.05) is 30.5 Å². The van der Waals surface area contributed by atoms with E-state index in [1.165, 1.54) is 11.1 Å². The lowest BCUT2D eigenvalue weighted by Gasteiger charge is -2.08. The molecule has 0 aliphatic carbocycles.